The Hall–Kier alpha value is -0.870. The normalized spacial score (nSPS) is 20.3. The molecule has 1 aliphatic heterocycles. The monoisotopic (exact) mass is 325 g/mol. The highest BCUT2D eigenvalue weighted by atomic mass is 79.9. The van der Waals surface area contributed by atoms with E-state index in [0.29, 0.717) is 12.3 Å². The molecular formula is C15H20BrNO2. The molecule has 19 heavy (non-hydrogen) atoms. The van der Waals surface area contributed by atoms with Gasteiger partial charge in [-0.25, -0.2) is 0 Å². The zero-order chi connectivity index (χ0) is 13.8. The molecule has 2 atom stereocenters. The van der Waals surface area contributed by atoms with E-state index < -0.39 is 0 Å². The van der Waals surface area contributed by atoms with Crippen molar-refractivity contribution in [3.05, 3.63) is 33.8 Å². The third-order valence-electron chi connectivity index (χ3n) is 3.72. The third kappa shape index (κ3) is 4.05. The summed E-state index contributed by atoms with van der Waals surface area (Å²) < 4.78 is 6.40. The first-order valence-electron chi connectivity index (χ1n) is 6.68. The highest BCUT2D eigenvalue weighted by molar-refractivity contribution is 9.10. The van der Waals surface area contributed by atoms with Crippen molar-refractivity contribution in [2.45, 2.75) is 32.7 Å². The molecule has 1 fully saturated rings. The topological polar surface area (TPSA) is 38.3 Å². The number of amides is 1. The summed E-state index contributed by atoms with van der Waals surface area (Å²) in [4.78, 5) is 12.1. The Morgan fingerprint density at radius 1 is 1.58 bits per heavy atom. The summed E-state index contributed by atoms with van der Waals surface area (Å²) in [6.07, 6.45) is 1.48. The van der Waals surface area contributed by atoms with Gasteiger partial charge in [0.05, 0.1) is 13.0 Å². The highest BCUT2D eigenvalue weighted by Gasteiger charge is 2.23. The van der Waals surface area contributed by atoms with Crippen molar-refractivity contribution < 1.29 is 9.53 Å². The molecule has 3 nitrogen and oxygen atoms in total. The minimum atomic E-state index is 0.0878. The van der Waals surface area contributed by atoms with Crippen molar-refractivity contribution in [1.82, 2.24) is 5.32 Å². The van der Waals surface area contributed by atoms with Crippen LogP contribution < -0.4 is 5.32 Å². The predicted octanol–water partition coefficient (Wildman–Crippen LogP) is 2.84. The third-order valence-corrected chi connectivity index (χ3v) is 4.21. The number of carbonyl (C=O) groups excluding carboxylic acids is 1. The maximum absolute atomic E-state index is 12.1. The maximum Gasteiger partial charge on any atom is 0.224 e. The first-order valence-corrected chi connectivity index (χ1v) is 7.47. The molecule has 1 aliphatic rings. The van der Waals surface area contributed by atoms with E-state index in [1.54, 1.807) is 0 Å². The number of nitrogens with one attached hydrogen (secondary N) is 1. The fourth-order valence-corrected chi connectivity index (χ4v) is 2.88. The Kier molecular flexibility index (Phi) is 4.99. The number of hydrogen-bond donors (Lipinski definition) is 1. The molecule has 0 radical (unpaired) electrons. The number of benzene rings is 1. The predicted molar refractivity (Wildman–Crippen MR) is 79.1 cm³/mol. The van der Waals surface area contributed by atoms with Crippen LogP contribution in [0.2, 0.25) is 0 Å². The maximum atomic E-state index is 12.1. The molecule has 1 saturated heterocycles. The average Bonchev–Trinajstić information content (AvgIpc) is 2.86. The summed E-state index contributed by atoms with van der Waals surface area (Å²) in [5.74, 6) is 0.541. The number of hydrogen-bond acceptors (Lipinski definition) is 2. The van der Waals surface area contributed by atoms with Gasteiger partial charge >= 0.3 is 0 Å². The molecule has 1 amide bonds. The Morgan fingerprint density at radius 2 is 2.37 bits per heavy atom. The molecule has 0 saturated carbocycles. The minimum Gasteiger partial charge on any atom is -0.381 e. The van der Waals surface area contributed by atoms with Crippen molar-refractivity contribution in [2.75, 3.05) is 13.2 Å². The summed E-state index contributed by atoms with van der Waals surface area (Å²) in [6.45, 7) is 5.67. The van der Waals surface area contributed by atoms with Crippen molar-refractivity contribution in [2.24, 2.45) is 5.92 Å². The smallest absolute Gasteiger partial charge is 0.224 e. The Morgan fingerprint density at radius 3 is 3.00 bits per heavy atom. The quantitative estimate of drug-likeness (QED) is 0.924. The lowest BCUT2D eigenvalue weighted by atomic mass is 10.00. The van der Waals surface area contributed by atoms with E-state index in [1.165, 1.54) is 0 Å². The number of ether oxygens (including phenoxy) is 1. The molecule has 0 aromatic heterocycles. The molecular weight excluding hydrogens is 306 g/mol. The van der Waals surface area contributed by atoms with Gasteiger partial charge < -0.3 is 10.1 Å². The zero-order valence-electron chi connectivity index (χ0n) is 11.4. The highest BCUT2D eigenvalue weighted by Crippen LogP contribution is 2.18. The summed E-state index contributed by atoms with van der Waals surface area (Å²) in [6, 6.07) is 6.20. The van der Waals surface area contributed by atoms with Crippen LogP contribution in [0.1, 0.15) is 24.5 Å². The number of halogens is 1. The van der Waals surface area contributed by atoms with Gasteiger partial charge in [-0.15, -0.1) is 0 Å². The summed E-state index contributed by atoms with van der Waals surface area (Å²) in [7, 11) is 0. The van der Waals surface area contributed by atoms with Crippen LogP contribution in [0.4, 0.5) is 0 Å². The lowest BCUT2D eigenvalue weighted by Crippen LogP contribution is -2.39. The van der Waals surface area contributed by atoms with E-state index in [4.69, 9.17) is 4.74 Å². The molecule has 104 valence electrons. The Labute approximate surface area is 122 Å². The van der Waals surface area contributed by atoms with Gasteiger partial charge in [0, 0.05) is 23.0 Å². The molecule has 1 heterocycles. The molecule has 0 bridgehead atoms. The van der Waals surface area contributed by atoms with Gasteiger partial charge in [0.25, 0.3) is 0 Å². The van der Waals surface area contributed by atoms with Crippen LogP contribution >= 0.6 is 15.9 Å². The van der Waals surface area contributed by atoms with Crippen LogP contribution in [0.15, 0.2) is 22.7 Å². The fraction of sp³-hybridized carbons (Fsp3) is 0.533. The van der Waals surface area contributed by atoms with Crippen molar-refractivity contribution in [1.29, 1.82) is 0 Å². The van der Waals surface area contributed by atoms with E-state index in [-0.39, 0.29) is 11.9 Å². The largest absolute Gasteiger partial charge is 0.381 e. The molecule has 1 N–H and O–H groups in total. The van der Waals surface area contributed by atoms with Gasteiger partial charge in [-0.2, -0.15) is 0 Å². The van der Waals surface area contributed by atoms with Gasteiger partial charge in [0.15, 0.2) is 0 Å². The van der Waals surface area contributed by atoms with E-state index in [9.17, 15) is 4.79 Å². The standard InChI is InChI=1S/C15H20BrNO2/c1-10-7-14(16)4-3-12(10)8-15(18)17-11(2)13-5-6-19-9-13/h3-4,7,11,13H,5-6,8-9H2,1-2H3,(H,17,18). The fourth-order valence-electron chi connectivity index (χ4n) is 2.40. The van der Waals surface area contributed by atoms with Crippen LogP contribution in [0.3, 0.4) is 0 Å². The van der Waals surface area contributed by atoms with E-state index in [1.807, 2.05) is 25.1 Å². The number of carbonyl (C=O) groups is 1. The second-order valence-electron chi connectivity index (χ2n) is 5.23. The molecule has 2 unspecified atom stereocenters. The van der Waals surface area contributed by atoms with Gasteiger partial charge in [0.2, 0.25) is 5.91 Å². The molecule has 1 aromatic rings. The lowest BCUT2D eigenvalue weighted by Gasteiger charge is -2.19. The summed E-state index contributed by atoms with van der Waals surface area (Å²) in [5.41, 5.74) is 2.22. The van der Waals surface area contributed by atoms with Gasteiger partial charge in [-0.05, 0) is 43.5 Å². The molecule has 1 aromatic carbocycles. The van der Waals surface area contributed by atoms with Crippen molar-refractivity contribution in [3.8, 4) is 0 Å². The molecule has 0 aliphatic carbocycles. The molecule has 2 rings (SSSR count). The second kappa shape index (κ2) is 6.53. The Bertz CT molecular complexity index is 455. The van der Waals surface area contributed by atoms with Crippen molar-refractivity contribution in [3.63, 3.8) is 0 Å². The molecule has 0 spiro atoms. The number of aryl methyl sites for hydroxylation is 1. The van der Waals surface area contributed by atoms with Crippen molar-refractivity contribution >= 4 is 21.8 Å². The van der Waals surface area contributed by atoms with E-state index in [0.717, 1.165) is 35.2 Å². The van der Waals surface area contributed by atoms with Gasteiger partial charge in [-0.3, -0.25) is 4.79 Å². The first kappa shape index (κ1) is 14.5. The molecule has 4 heteroatoms. The SMILES string of the molecule is Cc1cc(Br)ccc1CC(=O)NC(C)C1CCOC1. The van der Waals surface area contributed by atoms with Crippen LogP contribution in [0, 0.1) is 12.8 Å². The minimum absolute atomic E-state index is 0.0878. The Balaban J connectivity index is 1.89. The van der Waals surface area contributed by atoms with E-state index in [2.05, 4.69) is 28.2 Å². The van der Waals surface area contributed by atoms with Gasteiger partial charge in [-0.1, -0.05) is 22.0 Å². The van der Waals surface area contributed by atoms with E-state index >= 15 is 0 Å². The summed E-state index contributed by atoms with van der Waals surface area (Å²) >= 11 is 3.43. The second-order valence-corrected chi connectivity index (χ2v) is 6.14. The lowest BCUT2D eigenvalue weighted by molar-refractivity contribution is -0.121. The number of rotatable bonds is 4. The van der Waals surface area contributed by atoms with Crippen LogP contribution in [0.25, 0.3) is 0 Å². The zero-order valence-corrected chi connectivity index (χ0v) is 13.0. The van der Waals surface area contributed by atoms with Crippen LogP contribution in [-0.4, -0.2) is 25.2 Å². The van der Waals surface area contributed by atoms with Gasteiger partial charge in [0.1, 0.15) is 0 Å². The average molecular weight is 326 g/mol. The first-order chi connectivity index (χ1) is 9.06. The van der Waals surface area contributed by atoms with Crippen LogP contribution in [-0.2, 0) is 16.0 Å². The summed E-state index contributed by atoms with van der Waals surface area (Å²) in [5, 5.41) is 3.08. The van der Waals surface area contributed by atoms with Crippen LogP contribution in [0.5, 0.6) is 0 Å².